The molecule has 1 N–H and O–H groups in total. The number of nitrogens with one attached hydrogen (secondary N) is 1. The molecule has 5 rings (SSSR count). The van der Waals surface area contributed by atoms with Crippen molar-refractivity contribution in [1.82, 2.24) is 9.97 Å². The van der Waals surface area contributed by atoms with Gasteiger partial charge in [-0.15, -0.1) is 0 Å². The van der Waals surface area contributed by atoms with E-state index in [0.29, 0.717) is 0 Å². The number of aromatic amines is 1. The van der Waals surface area contributed by atoms with E-state index in [4.69, 9.17) is 4.98 Å². The molecule has 4 aromatic rings. The number of H-pyrrole nitrogens is 1. The summed E-state index contributed by atoms with van der Waals surface area (Å²) in [4.78, 5) is 13.0. The molecule has 1 aromatic heterocycles. The van der Waals surface area contributed by atoms with E-state index in [9.17, 15) is 0 Å². The van der Waals surface area contributed by atoms with E-state index in [2.05, 4.69) is 81.5 Å². The molecule has 128 valence electrons. The fourth-order valence-corrected chi connectivity index (χ4v) is 3.69. The SMILES string of the molecule is c1ccc(CN2CN(Cc3nc4ccccc4[nH]3)c3ccccc32)cc1. The van der Waals surface area contributed by atoms with Gasteiger partial charge in [0.1, 0.15) is 5.82 Å². The van der Waals surface area contributed by atoms with Crippen molar-refractivity contribution >= 4 is 22.4 Å². The summed E-state index contributed by atoms with van der Waals surface area (Å²) in [6.07, 6.45) is 0. The Morgan fingerprint density at radius 3 is 2.15 bits per heavy atom. The summed E-state index contributed by atoms with van der Waals surface area (Å²) in [7, 11) is 0. The first-order chi connectivity index (χ1) is 12.9. The van der Waals surface area contributed by atoms with Crippen LogP contribution in [-0.2, 0) is 13.1 Å². The number of hydrogen-bond acceptors (Lipinski definition) is 3. The first-order valence-corrected chi connectivity index (χ1v) is 8.93. The highest BCUT2D eigenvalue weighted by Gasteiger charge is 2.26. The van der Waals surface area contributed by atoms with Crippen molar-refractivity contribution in [1.29, 1.82) is 0 Å². The fraction of sp³-hybridized carbons (Fsp3) is 0.136. The van der Waals surface area contributed by atoms with Crippen molar-refractivity contribution in [3.8, 4) is 0 Å². The molecule has 0 radical (unpaired) electrons. The number of aromatic nitrogens is 2. The van der Waals surface area contributed by atoms with E-state index >= 15 is 0 Å². The molecule has 2 heterocycles. The van der Waals surface area contributed by atoms with E-state index in [-0.39, 0.29) is 0 Å². The third-order valence-electron chi connectivity index (χ3n) is 4.90. The molecular weight excluding hydrogens is 320 g/mol. The predicted octanol–water partition coefficient (Wildman–Crippen LogP) is 4.55. The molecule has 0 aliphatic carbocycles. The molecular formula is C22H20N4. The second-order valence-electron chi connectivity index (χ2n) is 6.71. The second kappa shape index (κ2) is 6.23. The van der Waals surface area contributed by atoms with Crippen LogP contribution in [0.5, 0.6) is 0 Å². The number of hydrogen-bond donors (Lipinski definition) is 1. The number of imidazole rings is 1. The highest BCUT2D eigenvalue weighted by molar-refractivity contribution is 5.77. The minimum absolute atomic E-state index is 0.775. The monoisotopic (exact) mass is 340 g/mol. The number of fused-ring (bicyclic) bond motifs is 2. The Morgan fingerprint density at radius 1 is 0.731 bits per heavy atom. The van der Waals surface area contributed by atoms with Crippen molar-refractivity contribution in [2.75, 3.05) is 16.5 Å². The van der Waals surface area contributed by atoms with Crippen LogP contribution in [0, 0.1) is 0 Å². The van der Waals surface area contributed by atoms with Gasteiger partial charge in [-0.1, -0.05) is 54.6 Å². The van der Waals surface area contributed by atoms with Gasteiger partial charge in [0.05, 0.1) is 35.6 Å². The largest absolute Gasteiger partial charge is 0.348 e. The lowest BCUT2D eigenvalue weighted by atomic mass is 10.2. The van der Waals surface area contributed by atoms with Gasteiger partial charge in [0.25, 0.3) is 0 Å². The van der Waals surface area contributed by atoms with Gasteiger partial charge in [0, 0.05) is 6.54 Å². The zero-order chi connectivity index (χ0) is 17.3. The zero-order valence-corrected chi connectivity index (χ0v) is 14.5. The van der Waals surface area contributed by atoms with Crippen LogP contribution >= 0.6 is 0 Å². The first-order valence-electron chi connectivity index (χ1n) is 8.93. The maximum absolute atomic E-state index is 4.74. The molecule has 0 atom stereocenters. The Kier molecular flexibility index (Phi) is 3.60. The van der Waals surface area contributed by atoms with E-state index in [1.54, 1.807) is 0 Å². The van der Waals surface area contributed by atoms with Crippen LogP contribution in [0.15, 0.2) is 78.9 Å². The number of para-hydroxylation sites is 4. The fourth-order valence-electron chi connectivity index (χ4n) is 3.69. The summed E-state index contributed by atoms with van der Waals surface area (Å²) in [5, 5.41) is 0. The smallest absolute Gasteiger partial charge is 0.126 e. The minimum atomic E-state index is 0.775. The number of anilines is 2. The number of nitrogens with zero attached hydrogens (tertiary/aromatic N) is 3. The molecule has 3 aromatic carbocycles. The Hall–Kier alpha value is -3.27. The topological polar surface area (TPSA) is 35.2 Å². The van der Waals surface area contributed by atoms with Crippen molar-refractivity contribution in [3.63, 3.8) is 0 Å². The highest BCUT2D eigenvalue weighted by atomic mass is 15.4. The van der Waals surface area contributed by atoms with Crippen LogP contribution < -0.4 is 9.80 Å². The molecule has 1 aliphatic rings. The average molecular weight is 340 g/mol. The molecule has 0 fully saturated rings. The Balaban J connectivity index is 1.42. The van der Waals surface area contributed by atoms with Gasteiger partial charge in [0.2, 0.25) is 0 Å². The number of rotatable bonds is 4. The number of benzene rings is 3. The average Bonchev–Trinajstić information content (AvgIpc) is 3.24. The second-order valence-corrected chi connectivity index (χ2v) is 6.71. The quantitative estimate of drug-likeness (QED) is 0.592. The van der Waals surface area contributed by atoms with Gasteiger partial charge in [-0.25, -0.2) is 4.98 Å². The van der Waals surface area contributed by atoms with Gasteiger partial charge in [-0.3, -0.25) is 0 Å². The predicted molar refractivity (Wildman–Crippen MR) is 106 cm³/mol. The van der Waals surface area contributed by atoms with Gasteiger partial charge >= 0.3 is 0 Å². The Labute approximate surface area is 152 Å². The third-order valence-corrected chi connectivity index (χ3v) is 4.90. The maximum atomic E-state index is 4.74. The standard InChI is InChI=1S/C22H20N4/c1-2-8-17(9-3-1)14-25-16-26(21-13-7-6-12-20(21)25)15-22-23-18-10-4-5-11-19(18)24-22/h1-13H,14-16H2,(H,23,24). The van der Waals surface area contributed by atoms with E-state index in [1.165, 1.54) is 16.9 Å². The lowest BCUT2D eigenvalue weighted by molar-refractivity contribution is 0.746. The Bertz CT molecular complexity index is 1010. The highest BCUT2D eigenvalue weighted by Crippen LogP contribution is 2.37. The lowest BCUT2D eigenvalue weighted by Gasteiger charge is -2.21. The van der Waals surface area contributed by atoms with E-state index < -0.39 is 0 Å². The molecule has 4 heteroatoms. The lowest BCUT2D eigenvalue weighted by Crippen LogP contribution is -2.30. The van der Waals surface area contributed by atoms with Crippen LogP contribution in [0.25, 0.3) is 11.0 Å². The molecule has 0 amide bonds. The molecule has 0 bridgehead atoms. The normalized spacial score (nSPS) is 13.4. The summed E-state index contributed by atoms with van der Waals surface area (Å²) >= 11 is 0. The van der Waals surface area contributed by atoms with Crippen LogP contribution in [-0.4, -0.2) is 16.6 Å². The molecule has 1 aliphatic heterocycles. The van der Waals surface area contributed by atoms with Gasteiger partial charge in [0.15, 0.2) is 0 Å². The van der Waals surface area contributed by atoms with Crippen molar-refractivity contribution in [2.24, 2.45) is 0 Å². The van der Waals surface area contributed by atoms with Crippen LogP contribution in [0.3, 0.4) is 0 Å². The summed E-state index contributed by atoms with van der Waals surface area (Å²) in [6, 6.07) is 27.5. The summed E-state index contributed by atoms with van der Waals surface area (Å²) in [5.74, 6) is 1.00. The van der Waals surface area contributed by atoms with Gasteiger partial charge in [-0.05, 0) is 29.8 Å². The van der Waals surface area contributed by atoms with Gasteiger partial charge in [-0.2, -0.15) is 0 Å². The summed E-state index contributed by atoms with van der Waals surface area (Å²) in [5.41, 5.74) is 6.00. The van der Waals surface area contributed by atoms with Crippen LogP contribution in [0.4, 0.5) is 11.4 Å². The van der Waals surface area contributed by atoms with Crippen LogP contribution in [0.2, 0.25) is 0 Å². The molecule has 26 heavy (non-hydrogen) atoms. The third kappa shape index (κ3) is 2.69. The van der Waals surface area contributed by atoms with Crippen molar-refractivity contribution in [2.45, 2.75) is 13.1 Å². The molecule has 4 nitrogen and oxygen atoms in total. The molecule has 0 spiro atoms. The van der Waals surface area contributed by atoms with Gasteiger partial charge < -0.3 is 14.8 Å². The van der Waals surface area contributed by atoms with E-state index in [1.807, 2.05) is 12.1 Å². The minimum Gasteiger partial charge on any atom is -0.348 e. The van der Waals surface area contributed by atoms with Crippen molar-refractivity contribution < 1.29 is 0 Å². The Morgan fingerprint density at radius 2 is 1.38 bits per heavy atom. The zero-order valence-electron chi connectivity index (χ0n) is 14.5. The summed E-state index contributed by atoms with van der Waals surface area (Å²) in [6.45, 7) is 2.55. The first kappa shape index (κ1) is 15.0. The summed E-state index contributed by atoms with van der Waals surface area (Å²) < 4.78 is 0. The van der Waals surface area contributed by atoms with E-state index in [0.717, 1.165) is 36.6 Å². The van der Waals surface area contributed by atoms with Crippen molar-refractivity contribution in [3.05, 3.63) is 90.3 Å². The maximum Gasteiger partial charge on any atom is 0.126 e. The van der Waals surface area contributed by atoms with Crippen LogP contribution in [0.1, 0.15) is 11.4 Å². The molecule has 0 saturated carbocycles. The molecule has 0 saturated heterocycles. The molecule has 0 unspecified atom stereocenters.